The van der Waals surface area contributed by atoms with Gasteiger partial charge in [-0.1, -0.05) is 35.5 Å². The monoisotopic (exact) mass is 318 g/mol. The first-order chi connectivity index (χ1) is 11.1. The molecule has 0 atom stereocenters. The number of hydrogen-bond acceptors (Lipinski definition) is 3. The second kappa shape index (κ2) is 5.96. The molecule has 0 bridgehead atoms. The molecule has 0 saturated carbocycles. The van der Waals surface area contributed by atoms with Gasteiger partial charge in [0.15, 0.2) is 17.5 Å². The molecule has 0 aliphatic heterocycles. The number of nitrogens with one attached hydrogen (secondary N) is 1. The van der Waals surface area contributed by atoms with Gasteiger partial charge in [0.1, 0.15) is 5.69 Å². The van der Waals surface area contributed by atoms with Gasteiger partial charge in [-0.15, -0.1) is 0 Å². The van der Waals surface area contributed by atoms with E-state index in [0.717, 1.165) is 11.6 Å². The van der Waals surface area contributed by atoms with Gasteiger partial charge in [-0.3, -0.25) is 4.79 Å². The third-order valence-electron chi connectivity index (χ3n) is 3.09. The minimum atomic E-state index is -1.66. The predicted molar refractivity (Wildman–Crippen MR) is 76.2 cm³/mol. The van der Waals surface area contributed by atoms with Gasteiger partial charge < -0.3 is 9.84 Å². The summed E-state index contributed by atoms with van der Waals surface area (Å²) in [4.78, 5) is 12.0. The van der Waals surface area contributed by atoms with Crippen molar-refractivity contribution in [3.05, 3.63) is 71.7 Å². The molecule has 1 amide bonds. The maximum atomic E-state index is 13.5. The van der Waals surface area contributed by atoms with Crippen molar-refractivity contribution in [2.24, 2.45) is 0 Å². The molecule has 0 aliphatic rings. The van der Waals surface area contributed by atoms with Crippen molar-refractivity contribution in [2.75, 3.05) is 5.32 Å². The highest BCUT2D eigenvalue weighted by Gasteiger charge is 2.19. The molecule has 2 aromatic carbocycles. The second-order valence-electron chi connectivity index (χ2n) is 4.62. The van der Waals surface area contributed by atoms with E-state index in [-0.39, 0.29) is 5.76 Å². The Morgan fingerprint density at radius 3 is 2.48 bits per heavy atom. The molecule has 0 fully saturated rings. The Balaban J connectivity index is 1.82. The quantitative estimate of drug-likeness (QED) is 0.742. The van der Waals surface area contributed by atoms with E-state index in [1.165, 1.54) is 6.07 Å². The molecule has 3 aromatic rings. The summed E-state index contributed by atoms with van der Waals surface area (Å²) in [5.41, 5.74) is 0.655. The van der Waals surface area contributed by atoms with Gasteiger partial charge in [0.25, 0.3) is 5.91 Å². The van der Waals surface area contributed by atoms with E-state index >= 15 is 0 Å². The third-order valence-corrected chi connectivity index (χ3v) is 3.09. The SMILES string of the molecule is O=C(Nc1ccc(F)c(F)c1F)c1cc(-c2ccccc2)no1. The number of aromatic nitrogens is 1. The van der Waals surface area contributed by atoms with Crippen LogP contribution < -0.4 is 5.32 Å². The summed E-state index contributed by atoms with van der Waals surface area (Å²) in [7, 11) is 0. The zero-order valence-electron chi connectivity index (χ0n) is 11.5. The second-order valence-corrected chi connectivity index (χ2v) is 4.62. The fourth-order valence-electron chi connectivity index (χ4n) is 1.93. The van der Waals surface area contributed by atoms with Crippen LogP contribution in [0.3, 0.4) is 0 Å². The third kappa shape index (κ3) is 2.94. The number of benzene rings is 2. The van der Waals surface area contributed by atoms with Crippen molar-refractivity contribution in [1.82, 2.24) is 5.16 Å². The smallest absolute Gasteiger partial charge is 0.294 e. The van der Waals surface area contributed by atoms with E-state index in [9.17, 15) is 18.0 Å². The average Bonchev–Trinajstić information content (AvgIpc) is 3.06. The maximum absolute atomic E-state index is 13.5. The Morgan fingerprint density at radius 2 is 1.74 bits per heavy atom. The van der Waals surface area contributed by atoms with Gasteiger partial charge in [-0.05, 0) is 12.1 Å². The number of carbonyl (C=O) groups is 1. The number of nitrogens with zero attached hydrogens (tertiary/aromatic N) is 1. The average molecular weight is 318 g/mol. The number of anilines is 1. The molecular formula is C16H9F3N2O2. The molecule has 0 spiro atoms. The lowest BCUT2D eigenvalue weighted by molar-refractivity contribution is 0.0987. The van der Waals surface area contributed by atoms with Crippen molar-refractivity contribution in [2.45, 2.75) is 0 Å². The molecule has 1 heterocycles. The minimum Gasteiger partial charge on any atom is -0.350 e. The topological polar surface area (TPSA) is 55.1 Å². The zero-order valence-corrected chi connectivity index (χ0v) is 11.5. The molecule has 1 aromatic heterocycles. The van der Waals surface area contributed by atoms with Gasteiger partial charge >= 0.3 is 0 Å². The van der Waals surface area contributed by atoms with Crippen LogP contribution in [0, 0.1) is 17.5 Å². The molecule has 7 heteroatoms. The highest BCUT2D eigenvalue weighted by Crippen LogP contribution is 2.22. The molecule has 116 valence electrons. The summed E-state index contributed by atoms with van der Waals surface area (Å²) in [5.74, 6) is -5.50. The van der Waals surface area contributed by atoms with E-state index < -0.39 is 29.0 Å². The van der Waals surface area contributed by atoms with Gasteiger partial charge in [-0.2, -0.15) is 0 Å². The number of amides is 1. The lowest BCUT2D eigenvalue weighted by Gasteiger charge is -2.05. The highest BCUT2D eigenvalue weighted by atomic mass is 19.2. The summed E-state index contributed by atoms with van der Waals surface area (Å²) in [5, 5.41) is 5.84. The molecule has 1 N–H and O–H groups in total. The summed E-state index contributed by atoms with van der Waals surface area (Å²) in [6.07, 6.45) is 0. The van der Waals surface area contributed by atoms with E-state index in [2.05, 4.69) is 10.5 Å². The summed E-state index contributed by atoms with van der Waals surface area (Å²) in [6.45, 7) is 0. The van der Waals surface area contributed by atoms with Gasteiger partial charge in [0, 0.05) is 11.6 Å². The van der Waals surface area contributed by atoms with Crippen LogP contribution in [0.5, 0.6) is 0 Å². The molecule has 0 unspecified atom stereocenters. The molecule has 4 nitrogen and oxygen atoms in total. The lowest BCUT2D eigenvalue weighted by atomic mass is 10.1. The first-order valence-corrected chi connectivity index (χ1v) is 6.53. The Bertz CT molecular complexity index is 863. The maximum Gasteiger partial charge on any atom is 0.294 e. The van der Waals surface area contributed by atoms with E-state index in [0.29, 0.717) is 11.8 Å². The van der Waals surface area contributed by atoms with Crippen LogP contribution in [0.1, 0.15) is 10.6 Å². The minimum absolute atomic E-state index is 0.187. The molecule has 0 aliphatic carbocycles. The molecular weight excluding hydrogens is 309 g/mol. The molecule has 0 radical (unpaired) electrons. The summed E-state index contributed by atoms with van der Waals surface area (Å²) >= 11 is 0. The number of rotatable bonds is 3. The van der Waals surface area contributed by atoms with E-state index in [4.69, 9.17) is 4.52 Å². The van der Waals surface area contributed by atoms with Crippen molar-refractivity contribution < 1.29 is 22.5 Å². The Kier molecular flexibility index (Phi) is 3.84. The van der Waals surface area contributed by atoms with E-state index in [1.54, 1.807) is 24.3 Å². The van der Waals surface area contributed by atoms with Crippen molar-refractivity contribution >= 4 is 11.6 Å². The number of hydrogen-bond donors (Lipinski definition) is 1. The van der Waals surface area contributed by atoms with Crippen molar-refractivity contribution in [3.63, 3.8) is 0 Å². The largest absolute Gasteiger partial charge is 0.350 e. The lowest BCUT2D eigenvalue weighted by Crippen LogP contribution is -2.13. The fraction of sp³-hybridized carbons (Fsp3) is 0. The highest BCUT2D eigenvalue weighted by molar-refractivity contribution is 6.02. The van der Waals surface area contributed by atoms with Crippen LogP contribution in [0.2, 0.25) is 0 Å². The number of carbonyl (C=O) groups excluding carboxylic acids is 1. The van der Waals surface area contributed by atoms with Crippen molar-refractivity contribution in [3.8, 4) is 11.3 Å². The van der Waals surface area contributed by atoms with E-state index in [1.807, 2.05) is 6.07 Å². The Morgan fingerprint density at radius 1 is 1.00 bits per heavy atom. The molecule has 23 heavy (non-hydrogen) atoms. The van der Waals surface area contributed by atoms with Crippen LogP contribution in [-0.2, 0) is 0 Å². The van der Waals surface area contributed by atoms with Crippen LogP contribution >= 0.6 is 0 Å². The summed E-state index contributed by atoms with van der Waals surface area (Å²) in [6, 6.07) is 11.9. The van der Waals surface area contributed by atoms with Crippen LogP contribution in [-0.4, -0.2) is 11.1 Å². The molecule has 0 saturated heterocycles. The fourth-order valence-corrected chi connectivity index (χ4v) is 1.93. The standard InChI is InChI=1S/C16H9F3N2O2/c17-10-6-7-11(15(19)14(10)18)20-16(22)13-8-12(21-23-13)9-4-2-1-3-5-9/h1-8H,(H,20,22). The Labute approximate surface area is 128 Å². The van der Waals surface area contributed by atoms with Gasteiger partial charge in [-0.25, -0.2) is 13.2 Å². The first-order valence-electron chi connectivity index (χ1n) is 6.53. The zero-order chi connectivity index (χ0) is 16.4. The van der Waals surface area contributed by atoms with Gasteiger partial charge in [0.2, 0.25) is 5.76 Å². The van der Waals surface area contributed by atoms with Crippen molar-refractivity contribution in [1.29, 1.82) is 0 Å². The molecule has 3 rings (SSSR count). The van der Waals surface area contributed by atoms with Crippen LogP contribution in [0.4, 0.5) is 18.9 Å². The first kappa shape index (κ1) is 14.8. The number of halogens is 3. The normalized spacial score (nSPS) is 10.6. The van der Waals surface area contributed by atoms with Crippen LogP contribution in [0.25, 0.3) is 11.3 Å². The van der Waals surface area contributed by atoms with Crippen LogP contribution in [0.15, 0.2) is 53.1 Å². The Hall–Kier alpha value is -3.09. The van der Waals surface area contributed by atoms with Gasteiger partial charge in [0.05, 0.1) is 5.69 Å². The summed E-state index contributed by atoms with van der Waals surface area (Å²) < 4.78 is 44.4. The predicted octanol–water partition coefficient (Wildman–Crippen LogP) is 4.01.